The summed E-state index contributed by atoms with van der Waals surface area (Å²) in [6.07, 6.45) is 5.55. The Morgan fingerprint density at radius 1 is 1.10 bits per heavy atom. The molecule has 0 radical (unpaired) electrons. The molecule has 2 saturated heterocycles. The Bertz CT molecular complexity index is 382. The maximum Gasteiger partial charge on any atom is 0.279 e. The molecular formula is C13H27N3O3S. The minimum atomic E-state index is -3.28. The van der Waals surface area contributed by atoms with Crippen LogP contribution in [0.15, 0.2) is 0 Å². The second-order valence-electron chi connectivity index (χ2n) is 5.81. The summed E-state index contributed by atoms with van der Waals surface area (Å²) in [6.45, 7) is 4.35. The maximum atomic E-state index is 12.0. The average Bonchev–Trinajstić information content (AvgIpc) is 2.45. The molecule has 0 aromatic carbocycles. The topological polar surface area (TPSA) is 72.9 Å². The van der Waals surface area contributed by atoms with Gasteiger partial charge in [0, 0.05) is 26.2 Å². The van der Waals surface area contributed by atoms with Gasteiger partial charge in [-0.25, -0.2) is 4.72 Å². The summed E-state index contributed by atoms with van der Waals surface area (Å²) in [7, 11) is -3.28. The molecule has 0 amide bonds. The van der Waals surface area contributed by atoms with Gasteiger partial charge < -0.3 is 10.0 Å². The summed E-state index contributed by atoms with van der Waals surface area (Å²) in [5, 5.41) is 9.58. The van der Waals surface area contributed by atoms with E-state index in [-0.39, 0.29) is 6.10 Å². The zero-order chi connectivity index (χ0) is 14.4. The van der Waals surface area contributed by atoms with Crippen LogP contribution >= 0.6 is 0 Å². The van der Waals surface area contributed by atoms with Gasteiger partial charge in [0.05, 0.1) is 6.10 Å². The van der Waals surface area contributed by atoms with E-state index < -0.39 is 10.2 Å². The molecule has 0 aromatic rings. The number of aliphatic hydroxyl groups is 1. The molecule has 2 aliphatic rings. The third-order valence-electron chi connectivity index (χ3n) is 4.07. The van der Waals surface area contributed by atoms with Gasteiger partial charge in [0.15, 0.2) is 0 Å². The summed E-state index contributed by atoms with van der Waals surface area (Å²) < 4.78 is 28.3. The number of likely N-dealkylation sites (tertiary alicyclic amines) is 1. The Labute approximate surface area is 122 Å². The lowest BCUT2D eigenvalue weighted by Crippen LogP contribution is -2.44. The summed E-state index contributed by atoms with van der Waals surface area (Å²) in [4.78, 5) is 2.21. The highest BCUT2D eigenvalue weighted by atomic mass is 32.2. The molecule has 0 aromatic heterocycles. The number of β-amino-alcohol motifs (C(OH)–C–C–N with tert-alkyl or cyclic N) is 1. The molecule has 0 spiro atoms. The Morgan fingerprint density at radius 2 is 1.85 bits per heavy atom. The summed E-state index contributed by atoms with van der Waals surface area (Å²) in [5.74, 6) is 0. The molecule has 20 heavy (non-hydrogen) atoms. The van der Waals surface area contributed by atoms with E-state index in [1.807, 2.05) is 0 Å². The van der Waals surface area contributed by atoms with Crippen LogP contribution < -0.4 is 4.72 Å². The lowest BCUT2D eigenvalue weighted by molar-refractivity contribution is 0.0703. The number of nitrogens with one attached hydrogen (secondary N) is 1. The van der Waals surface area contributed by atoms with Crippen molar-refractivity contribution in [2.24, 2.45) is 0 Å². The van der Waals surface area contributed by atoms with Gasteiger partial charge in [-0.1, -0.05) is 6.42 Å². The third-order valence-corrected chi connectivity index (χ3v) is 5.69. The highest BCUT2D eigenvalue weighted by Crippen LogP contribution is 2.12. The van der Waals surface area contributed by atoms with Gasteiger partial charge in [-0.15, -0.1) is 0 Å². The highest BCUT2D eigenvalue weighted by Gasteiger charge is 2.23. The van der Waals surface area contributed by atoms with Crippen LogP contribution in [-0.4, -0.2) is 68.1 Å². The summed E-state index contributed by atoms with van der Waals surface area (Å²) in [6, 6.07) is 0. The van der Waals surface area contributed by atoms with Crippen molar-refractivity contribution in [2.45, 2.75) is 44.6 Å². The average molecular weight is 305 g/mol. The predicted octanol–water partition coefficient (Wildman–Crippen LogP) is 0.154. The van der Waals surface area contributed by atoms with Crippen LogP contribution in [0.3, 0.4) is 0 Å². The van der Waals surface area contributed by atoms with Crippen molar-refractivity contribution >= 4 is 10.2 Å². The monoisotopic (exact) mass is 305 g/mol. The number of hydrogen-bond donors (Lipinski definition) is 2. The number of piperidine rings is 2. The zero-order valence-corrected chi connectivity index (χ0v) is 12.9. The molecule has 1 unspecified atom stereocenters. The summed E-state index contributed by atoms with van der Waals surface area (Å²) in [5.41, 5.74) is 0. The van der Waals surface area contributed by atoms with Gasteiger partial charge in [-0.05, 0) is 45.2 Å². The highest BCUT2D eigenvalue weighted by molar-refractivity contribution is 7.87. The molecule has 6 nitrogen and oxygen atoms in total. The van der Waals surface area contributed by atoms with Crippen LogP contribution in [0.5, 0.6) is 0 Å². The van der Waals surface area contributed by atoms with Crippen molar-refractivity contribution in [3.8, 4) is 0 Å². The Kier molecular flexibility index (Phi) is 6.22. The minimum Gasteiger partial charge on any atom is -0.392 e. The van der Waals surface area contributed by atoms with Gasteiger partial charge in [-0.2, -0.15) is 12.7 Å². The van der Waals surface area contributed by atoms with Crippen LogP contribution in [0.4, 0.5) is 0 Å². The van der Waals surface area contributed by atoms with Gasteiger partial charge in [0.2, 0.25) is 0 Å². The molecule has 7 heteroatoms. The van der Waals surface area contributed by atoms with Crippen molar-refractivity contribution in [3.05, 3.63) is 0 Å². The fraction of sp³-hybridized carbons (Fsp3) is 1.00. The third kappa shape index (κ3) is 4.96. The van der Waals surface area contributed by atoms with E-state index in [4.69, 9.17) is 0 Å². The molecule has 2 heterocycles. The van der Waals surface area contributed by atoms with E-state index in [0.29, 0.717) is 19.6 Å². The minimum absolute atomic E-state index is 0.214. The van der Waals surface area contributed by atoms with Crippen molar-refractivity contribution < 1.29 is 13.5 Å². The van der Waals surface area contributed by atoms with Crippen molar-refractivity contribution in [1.29, 1.82) is 0 Å². The molecule has 118 valence electrons. The molecule has 2 fully saturated rings. The standard InChI is InChI=1S/C13H27N3O3S/c17-13-6-4-8-15(12-13)9-5-7-14-20(18,19)16-10-2-1-3-11-16/h13-14,17H,1-12H2. The predicted molar refractivity (Wildman–Crippen MR) is 78.6 cm³/mol. The van der Waals surface area contributed by atoms with Crippen LogP contribution in [0.1, 0.15) is 38.5 Å². The van der Waals surface area contributed by atoms with Crippen LogP contribution in [0.25, 0.3) is 0 Å². The van der Waals surface area contributed by atoms with E-state index in [1.54, 1.807) is 4.31 Å². The smallest absolute Gasteiger partial charge is 0.279 e. The molecular weight excluding hydrogens is 278 g/mol. The number of rotatable bonds is 6. The van der Waals surface area contributed by atoms with Crippen LogP contribution in [-0.2, 0) is 10.2 Å². The van der Waals surface area contributed by atoms with Crippen molar-refractivity contribution in [3.63, 3.8) is 0 Å². The number of hydrogen-bond acceptors (Lipinski definition) is 4. The first-order valence-electron chi connectivity index (χ1n) is 7.73. The van der Waals surface area contributed by atoms with Crippen LogP contribution in [0.2, 0.25) is 0 Å². The Balaban J connectivity index is 1.64. The normalized spacial score (nSPS) is 26.8. The van der Waals surface area contributed by atoms with Gasteiger partial charge in [0.25, 0.3) is 10.2 Å². The van der Waals surface area contributed by atoms with E-state index >= 15 is 0 Å². The molecule has 1 atom stereocenters. The van der Waals surface area contributed by atoms with Crippen molar-refractivity contribution in [2.75, 3.05) is 39.3 Å². The molecule has 0 bridgehead atoms. The van der Waals surface area contributed by atoms with E-state index in [9.17, 15) is 13.5 Å². The Morgan fingerprint density at radius 3 is 2.55 bits per heavy atom. The second-order valence-corrected chi connectivity index (χ2v) is 7.56. The molecule has 2 aliphatic heterocycles. The fourth-order valence-corrected chi connectivity index (χ4v) is 4.26. The SMILES string of the molecule is O=S(=O)(NCCCN1CCCC(O)C1)N1CCCCC1. The zero-order valence-electron chi connectivity index (χ0n) is 12.1. The summed E-state index contributed by atoms with van der Waals surface area (Å²) >= 11 is 0. The lowest BCUT2D eigenvalue weighted by atomic mass is 10.1. The number of nitrogens with zero attached hydrogens (tertiary/aromatic N) is 2. The maximum absolute atomic E-state index is 12.0. The van der Waals surface area contributed by atoms with E-state index in [1.165, 1.54) is 0 Å². The van der Waals surface area contributed by atoms with Crippen molar-refractivity contribution in [1.82, 2.24) is 13.9 Å². The van der Waals surface area contributed by atoms with E-state index in [0.717, 1.165) is 58.2 Å². The quantitative estimate of drug-likeness (QED) is 0.685. The first-order valence-corrected chi connectivity index (χ1v) is 9.17. The van der Waals surface area contributed by atoms with Gasteiger partial charge >= 0.3 is 0 Å². The molecule has 0 aliphatic carbocycles. The second kappa shape index (κ2) is 7.70. The van der Waals surface area contributed by atoms with Crippen LogP contribution in [0, 0.1) is 0 Å². The van der Waals surface area contributed by atoms with Gasteiger partial charge in [0.1, 0.15) is 0 Å². The lowest BCUT2D eigenvalue weighted by Gasteiger charge is -2.30. The van der Waals surface area contributed by atoms with Gasteiger partial charge in [-0.3, -0.25) is 0 Å². The Hall–Kier alpha value is -0.210. The largest absolute Gasteiger partial charge is 0.392 e. The molecule has 0 saturated carbocycles. The van der Waals surface area contributed by atoms with E-state index in [2.05, 4.69) is 9.62 Å². The number of aliphatic hydroxyl groups excluding tert-OH is 1. The first-order chi connectivity index (χ1) is 9.58. The fourth-order valence-electron chi connectivity index (χ4n) is 2.93. The molecule has 2 rings (SSSR count). The first kappa shape index (κ1) is 16.2. The molecule has 2 N–H and O–H groups in total.